The number of halogens is 3. The maximum Gasteiger partial charge on any atom is 0.339 e. The average Bonchev–Trinajstić information content (AvgIpc) is 1.59. The van der Waals surface area contributed by atoms with Crippen LogP contribution in [0.1, 0.15) is 0 Å². The Hall–Kier alpha value is -0.180. The van der Waals surface area contributed by atoms with Crippen molar-refractivity contribution in [1.29, 1.82) is 0 Å². The molecular formula is C5H3Cl3O2. The summed E-state index contributed by atoms with van der Waals surface area (Å²) in [5.41, 5.74) is -0.370. The van der Waals surface area contributed by atoms with Gasteiger partial charge in [0.25, 0.3) is 0 Å². The zero-order chi connectivity index (χ0) is 8.31. The van der Waals surface area contributed by atoms with Crippen molar-refractivity contribution in [2.45, 2.75) is 0 Å². The molecule has 0 saturated carbocycles. The first-order valence-corrected chi connectivity index (χ1v) is 3.23. The third kappa shape index (κ3) is 2.60. The zero-order valence-electron chi connectivity index (χ0n) is 4.70. The number of carbonyl (C=O) groups is 1. The smallest absolute Gasteiger partial charge is 0.339 e. The van der Waals surface area contributed by atoms with Crippen LogP contribution in [0.15, 0.2) is 21.7 Å². The van der Waals surface area contributed by atoms with Crippen LogP contribution < -0.4 is 0 Å². The highest BCUT2D eigenvalue weighted by atomic mass is 35.5. The minimum absolute atomic E-state index is 0.187. The predicted molar refractivity (Wildman–Crippen MR) is 41.4 cm³/mol. The predicted octanol–water partition coefficient (Wildman–Crippen LogP) is 2.51. The molecule has 10 heavy (non-hydrogen) atoms. The molecule has 0 unspecified atom stereocenters. The third-order valence-corrected chi connectivity index (χ3v) is 1.24. The van der Waals surface area contributed by atoms with E-state index in [1.165, 1.54) is 0 Å². The van der Waals surface area contributed by atoms with E-state index in [4.69, 9.17) is 39.9 Å². The molecule has 0 aliphatic rings. The van der Waals surface area contributed by atoms with E-state index in [0.29, 0.717) is 0 Å². The quantitative estimate of drug-likeness (QED) is 0.550. The molecule has 0 aromatic rings. The number of carboxylic acid groups (broad SMARTS) is 1. The summed E-state index contributed by atoms with van der Waals surface area (Å²) in [6.45, 7) is 3.16. The Morgan fingerprint density at radius 1 is 1.30 bits per heavy atom. The largest absolute Gasteiger partial charge is 0.478 e. The fraction of sp³-hybridized carbons (Fsp3) is 0. The molecule has 0 aromatic carbocycles. The van der Waals surface area contributed by atoms with Crippen molar-refractivity contribution < 1.29 is 9.90 Å². The maximum absolute atomic E-state index is 10.2. The lowest BCUT2D eigenvalue weighted by Crippen LogP contribution is -2.00. The summed E-state index contributed by atoms with van der Waals surface area (Å²) in [7, 11) is 0. The van der Waals surface area contributed by atoms with Crippen molar-refractivity contribution in [3.8, 4) is 0 Å². The second-order valence-electron chi connectivity index (χ2n) is 1.35. The fourth-order valence-corrected chi connectivity index (χ4v) is 0.961. The van der Waals surface area contributed by atoms with Gasteiger partial charge in [-0.05, 0) is 0 Å². The Bertz CT molecular complexity index is 187. The van der Waals surface area contributed by atoms with Crippen LogP contribution in [-0.2, 0) is 4.79 Å². The monoisotopic (exact) mass is 200 g/mol. The highest BCUT2D eigenvalue weighted by Gasteiger charge is 2.13. The third-order valence-electron chi connectivity index (χ3n) is 0.674. The molecule has 0 radical (unpaired) electrons. The van der Waals surface area contributed by atoms with Gasteiger partial charge in [0.1, 0.15) is 10.1 Å². The van der Waals surface area contributed by atoms with Gasteiger partial charge in [-0.1, -0.05) is 41.4 Å². The minimum atomic E-state index is -1.29. The zero-order valence-corrected chi connectivity index (χ0v) is 6.96. The lowest BCUT2D eigenvalue weighted by Gasteiger charge is -1.96. The van der Waals surface area contributed by atoms with Crippen molar-refractivity contribution in [3.63, 3.8) is 0 Å². The van der Waals surface area contributed by atoms with Gasteiger partial charge in [-0.15, -0.1) is 0 Å². The van der Waals surface area contributed by atoms with E-state index in [1.54, 1.807) is 0 Å². The lowest BCUT2D eigenvalue weighted by atomic mass is 10.3. The molecule has 2 nitrogen and oxygen atoms in total. The Balaban J connectivity index is 4.79. The first-order valence-electron chi connectivity index (χ1n) is 2.10. The molecule has 1 N–H and O–H groups in total. The van der Waals surface area contributed by atoms with Gasteiger partial charge in [0.2, 0.25) is 0 Å². The number of aliphatic carboxylic acids is 1. The second-order valence-corrected chi connectivity index (χ2v) is 2.75. The van der Waals surface area contributed by atoms with Gasteiger partial charge in [0, 0.05) is 0 Å². The van der Waals surface area contributed by atoms with Gasteiger partial charge >= 0.3 is 5.97 Å². The molecule has 0 spiro atoms. The molecule has 0 fully saturated rings. The first kappa shape index (κ1) is 9.82. The lowest BCUT2D eigenvalue weighted by molar-refractivity contribution is -0.132. The van der Waals surface area contributed by atoms with Gasteiger partial charge in [0.05, 0.1) is 5.03 Å². The summed E-state index contributed by atoms with van der Waals surface area (Å²) >= 11 is 15.5. The number of carboxylic acids is 1. The fourth-order valence-electron chi connectivity index (χ4n) is 0.299. The molecule has 0 rings (SSSR count). The van der Waals surface area contributed by atoms with E-state index >= 15 is 0 Å². The van der Waals surface area contributed by atoms with Gasteiger partial charge in [-0.2, -0.15) is 0 Å². The van der Waals surface area contributed by atoms with Crippen LogP contribution in [0, 0.1) is 0 Å². The summed E-state index contributed by atoms with van der Waals surface area (Å²) in [6, 6.07) is 0. The van der Waals surface area contributed by atoms with Gasteiger partial charge in [0.15, 0.2) is 0 Å². The molecule has 5 heteroatoms. The van der Waals surface area contributed by atoms with Gasteiger partial charge in [-0.3, -0.25) is 0 Å². The molecule has 0 amide bonds. The van der Waals surface area contributed by atoms with Crippen molar-refractivity contribution in [2.24, 2.45) is 0 Å². The van der Waals surface area contributed by atoms with Crippen LogP contribution in [-0.4, -0.2) is 11.1 Å². The molecule has 56 valence electrons. The van der Waals surface area contributed by atoms with Crippen molar-refractivity contribution in [2.75, 3.05) is 0 Å². The molecule has 0 aromatic heterocycles. The highest BCUT2D eigenvalue weighted by molar-refractivity contribution is 6.58. The van der Waals surface area contributed by atoms with Crippen LogP contribution in [0.5, 0.6) is 0 Å². The Morgan fingerprint density at radius 3 is 1.70 bits per heavy atom. The topological polar surface area (TPSA) is 37.3 Å². The van der Waals surface area contributed by atoms with E-state index in [0.717, 1.165) is 0 Å². The van der Waals surface area contributed by atoms with E-state index in [9.17, 15) is 4.79 Å². The van der Waals surface area contributed by atoms with E-state index in [1.807, 2.05) is 0 Å². The van der Waals surface area contributed by atoms with Crippen molar-refractivity contribution in [3.05, 3.63) is 21.7 Å². The Labute approximate surface area is 72.7 Å². The second kappa shape index (κ2) is 3.86. The molecule has 0 aliphatic carbocycles. The molecule has 0 bridgehead atoms. The Kier molecular flexibility index (Phi) is 3.79. The molecular weight excluding hydrogens is 198 g/mol. The van der Waals surface area contributed by atoms with E-state index in [2.05, 4.69) is 6.58 Å². The molecule has 0 heterocycles. The van der Waals surface area contributed by atoms with Crippen LogP contribution in [0.3, 0.4) is 0 Å². The number of hydrogen-bond acceptors (Lipinski definition) is 1. The summed E-state index contributed by atoms with van der Waals surface area (Å²) < 4.78 is -0.396. The molecule has 0 saturated heterocycles. The number of rotatable bonds is 2. The Morgan fingerprint density at radius 2 is 1.70 bits per heavy atom. The van der Waals surface area contributed by atoms with Crippen molar-refractivity contribution in [1.82, 2.24) is 0 Å². The molecule has 0 aliphatic heterocycles. The van der Waals surface area contributed by atoms with Crippen LogP contribution in [0.25, 0.3) is 0 Å². The van der Waals surface area contributed by atoms with Crippen molar-refractivity contribution >= 4 is 40.8 Å². The summed E-state index contributed by atoms with van der Waals surface area (Å²) in [6.07, 6.45) is 0. The minimum Gasteiger partial charge on any atom is -0.478 e. The normalized spacial score (nSPS) is 8.70. The molecule has 0 atom stereocenters. The van der Waals surface area contributed by atoms with Gasteiger partial charge in [-0.25, -0.2) is 4.79 Å². The summed E-state index contributed by atoms with van der Waals surface area (Å²) in [5.74, 6) is -1.29. The summed E-state index contributed by atoms with van der Waals surface area (Å²) in [4.78, 5) is 10.2. The van der Waals surface area contributed by atoms with E-state index in [-0.39, 0.29) is 10.6 Å². The van der Waals surface area contributed by atoms with Gasteiger partial charge < -0.3 is 5.11 Å². The first-order chi connectivity index (χ1) is 4.46. The van der Waals surface area contributed by atoms with Crippen LogP contribution in [0.4, 0.5) is 0 Å². The SMILES string of the molecule is C=C(Cl)C(C(=O)O)=C(Cl)Cl. The highest BCUT2D eigenvalue weighted by Crippen LogP contribution is 2.22. The van der Waals surface area contributed by atoms with E-state index < -0.39 is 10.5 Å². The number of hydrogen-bond donors (Lipinski definition) is 1. The average molecular weight is 201 g/mol. The maximum atomic E-state index is 10.2. The van der Waals surface area contributed by atoms with Crippen LogP contribution >= 0.6 is 34.8 Å². The summed E-state index contributed by atoms with van der Waals surface area (Å²) in [5, 5.41) is 8.15. The standard InChI is InChI=1S/C5H3Cl3O2/c1-2(6)3(4(7)8)5(9)10/h1H2,(H,9,10). The van der Waals surface area contributed by atoms with Crippen LogP contribution in [0.2, 0.25) is 0 Å².